The van der Waals surface area contributed by atoms with E-state index in [0.717, 1.165) is 0 Å². The number of hydrogen-bond acceptors (Lipinski definition) is 2. The van der Waals surface area contributed by atoms with Crippen LogP contribution in [0.25, 0.3) is 10.8 Å². The summed E-state index contributed by atoms with van der Waals surface area (Å²) in [5, 5.41) is 4.66. The molecule has 0 aliphatic carbocycles. The van der Waals surface area contributed by atoms with Crippen LogP contribution in [0.4, 0.5) is 4.79 Å². The van der Waals surface area contributed by atoms with Crippen LogP contribution in [-0.4, -0.2) is 16.3 Å². The van der Waals surface area contributed by atoms with Crippen LogP contribution in [0.15, 0.2) is 48.5 Å². The van der Waals surface area contributed by atoms with Gasteiger partial charge in [0, 0.05) is 0 Å². The molecule has 2 aromatic carbocycles. The van der Waals surface area contributed by atoms with E-state index in [4.69, 9.17) is 5.73 Å². The Morgan fingerprint density at radius 2 is 1.36 bits per heavy atom. The van der Waals surface area contributed by atoms with Crippen LogP contribution < -0.4 is 11.1 Å². The van der Waals surface area contributed by atoms with E-state index >= 15 is 0 Å². The zero-order valence-electron chi connectivity index (χ0n) is 12.8. The highest BCUT2D eigenvalue weighted by Gasteiger charge is 2.32. The van der Waals surface area contributed by atoms with E-state index in [0.29, 0.717) is 12.8 Å². The molecule has 0 atom stereocenters. The summed E-state index contributed by atoms with van der Waals surface area (Å²) in [7, 11) is 0. The smallest absolute Gasteiger partial charge is 0.318 e. The zero-order valence-corrected chi connectivity index (χ0v) is 14.4. The summed E-state index contributed by atoms with van der Waals surface area (Å²) in [4.78, 5) is 21.6. The summed E-state index contributed by atoms with van der Waals surface area (Å²) in [5.74, 6) is -0.375. The number of benzene rings is 2. The molecule has 0 heterocycles. The largest absolute Gasteiger partial charge is 0.351 e. The van der Waals surface area contributed by atoms with E-state index in [2.05, 4.69) is 64.5 Å². The molecule has 5 heteroatoms. The summed E-state index contributed by atoms with van der Waals surface area (Å²) in [6, 6.07) is 15.9. The second kappa shape index (κ2) is 8.54. The molecular weight excluding hydrogens is 344 g/mol. The van der Waals surface area contributed by atoms with Gasteiger partial charge < -0.3 is 5.73 Å². The second-order valence-electron chi connectivity index (χ2n) is 4.84. The Bertz CT molecular complexity index is 574. The van der Waals surface area contributed by atoms with E-state index < -0.39 is 10.4 Å². The van der Waals surface area contributed by atoms with Gasteiger partial charge in [-0.05, 0) is 23.6 Å². The van der Waals surface area contributed by atoms with Gasteiger partial charge in [-0.2, -0.15) is 0 Å². The Balaban J connectivity index is 0.000000222. The highest BCUT2D eigenvalue weighted by atomic mass is 79.9. The first-order valence-electron chi connectivity index (χ1n) is 7.16. The molecule has 118 valence electrons. The van der Waals surface area contributed by atoms with Gasteiger partial charge in [-0.1, -0.05) is 78.3 Å². The fourth-order valence-electron chi connectivity index (χ4n) is 1.93. The highest BCUT2D eigenvalue weighted by molar-refractivity contribution is 9.10. The molecule has 2 aromatic rings. The van der Waals surface area contributed by atoms with Gasteiger partial charge in [-0.25, -0.2) is 4.79 Å². The Kier molecular flexibility index (Phi) is 7.05. The molecule has 3 amide bonds. The standard InChI is InChI=1S/C10H8.C7H13BrN2O2/c1-2-6-10-8-4-3-7-9(10)5-1;1-3-7(8,4-2)5(11)10-6(9)12/h1-8H;3-4H2,1-2H3,(H3,9,10,11,12). The van der Waals surface area contributed by atoms with E-state index in [1.54, 1.807) is 0 Å². The highest BCUT2D eigenvalue weighted by Crippen LogP contribution is 2.26. The minimum absolute atomic E-state index is 0.375. The fraction of sp³-hybridized carbons (Fsp3) is 0.294. The minimum Gasteiger partial charge on any atom is -0.351 e. The van der Waals surface area contributed by atoms with Crippen molar-refractivity contribution in [3.05, 3.63) is 48.5 Å². The molecule has 0 fully saturated rings. The number of carbonyl (C=O) groups is 2. The Morgan fingerprint density at radius 1 is 1.00 bits per heavy atom. The molecule has 0 aliphatic heterocycles. The SMILES string of the molecule is CCC(Br)(CC)C(=O)NC(N)=O.c1ccc2ccccc2c1. The monoisotopic (exact) mass is 364 g/mol. The van der Waals surface area contributed by atoms with Crippen molar-refractivity contribution in [3.63, 3.8) is 0 Å². The van der Waals surface area contributed by atoms with Crippen LogP contribution in [-0.2, 0) is 4.79 Å². The molecule has 0 bridgehead atoms. The molecule has 0 saturated carbocycles. The summed E-state index contributed by atoms with van der Waals surface area (Å²) >= 11 is 3.26. The van der Waals surface area contributed by atoms with Gasteiger partial charge in [0.2, 0.25) is 5.91 Å². The summed E-state index contributed by atoms with van der Waals surface area (Å²) in [5.41, 5.74) is 4.81. The lowest BCUT2D eigenvalue weighted by molar-refractivity contribution is -0.122. The Hall–Kier alpha value is -1.88. The fourth-order valence-corrected chi connectivity index (χ4v) is 2.03. The van der Waals surface area contributed by atoms with E-state index in [1.807, 2.05) is 19.2 Å². The Labute approximate surface area is 139 Å². The summed E-state index contributed by atoms with van der Waals surface area (Å²) < 4.78 is -0.665. The number of nitrogens with two attached hydrogens (primary N) is 1. The number of hydrogen-bond donors (Lipinski definition) is 2. The molecule has 0 saturated heterocycles. The first-order valence-corrected chi connectivity index (χ1v) is 7.95. The van der Waals surface area contributed by atoms with Gasteiger partial charge >= 0.3 is 6.03 Å². The molecule has 0 unspecified atom stereocenters. The van der Waals surface area contributed by atoms with Gasteiger partial charge in [-0.15, -0.1) is 0 Å². The van der Waals surface area contributed by atoms with Gasteiger partial charge in [0.25, 0.3) is 0 Å². The van der Waals surface area contributed by atoms with Crippen molar-refractivity contribution in [2.45, 2.75) is 31.0 Å². The number of nitrogens with one attached hydrogen (secondary N) is 1. The minimum atomic E-state index is -0.814. The second-order valence-corrected chi connectivity index (χ2v) is 6.36. The average Bonchev–Trinajstić information content (AvgIpc) is 2.54. The van der Waals surface area contributed by atoms with Crippen LogP contribution in [0.3, 0.4) is 0 Å². The molecule has 0 aliphatic rings. The van der Waals surface area contributed by atoms with E-state index in [-0.39, 0.29) is 5.91 Å². The van der Waals surface area contributed by atoms with Gasteiger partial charge in [-0.3, -0.25) is 10.1 Å². The predicted octanol–water partition coefficient (Wildman–Crippen LogP) is 3.97. The molecule has 4 nitrogen and oxygen atoms in total. The van der Waals surface area contributed by atoms with Crippen molar-refractivity contribution in [2.24, 2.45) is 5.73 Å². The van der Waals surface area contributed by atoms with Crippen LogP contribution in [0, 0.1) is 0 Å². The van der Waals surface area contributed by atoms with Gasteiger partial charge in [0.05, 0.1) is 0 Å². The number of amides is 3. The van der Waals surface area contributed by atoms with E-state index in [9.17, 15) is 9.59 Å². The first-order chi connectivity index (χ1) is 10.4. The van der Waals surface area contributed by atoms with Crippen LogP contribution >= 0.6 is 15.9 Å². The zero-order chi connectivity index (χ0) is 16.6. The van der Waals surface area contributed by atoms with Crippen molar-refractivity contribution < 1.29 is 9.59 Å². The number of alkyl halides is 1. The van der Waals surface area contributed by atoms with Crippen molar-refractivity contribution in [3.8, 4) is 0 Å². The summed E-state index contributed by atoms with van der Waals surface area (Å²) in [6.07, 6.45) is 1.23. The molecule has 0 aromatic heterocycles. The predicted molar refractivity (Wildman–Crippen MR) is 93.9 cm³/mol. The number of carbonyl (C=O) groups excluding carboxylic acids is 2. The third-order valence-electron chi connectivity index (χ3n) is 3.42. The number of fused-ring (bicyclic) bond motifs is 1. The van der Waals surface area contributed by atoms with Crippen molar-refractivity contribution >= 4 is 38.6 Å². The quantitative estimate of drug-likeness (QED) is 0.808. The maximum Gasteiger partial charge on any atom is 0.318 e. The van der Waals surface area contributed by atoms with Gasteiger partial charge in [0.1, 0.15) is 4.32 Å². The maximum absolute atomic E-state index is 11.3. The molecule has 3 N–H and O–H groups in total. The van der Waals surface area contributed by atoms with E-state index in [1.165, 1.54) is 10.8 Å². The lowest BCUT2D eigenvalue weighted by Crippen LogP contribution is -2.46. The Morgan fingerprint density at radius 3 is 1.64 bits per heavy atom. The lowest BCUT2D eigenvalue weighted by Gasteiger charge is -2.21. The van der Waals surface area contributed by atoms with Crippen molar-refractivity contribution in [1.29, 1.82) is 0 Å². The molecule has 22 heavy (non-hydrogen) atoms. The van der Waals surface area contributed by atoms with Crippen LogP contribution in [0.5, 0.6) is 0 Å². The lowest BCUT2D eigenvalue weighted by atomic mass is 10.0. The number of primary amides is 1. The van der Waals surface area contributed by atoms with Crippen molar-refractivity contribution in [1.82, 2.24) is 5.32 Å². The van der Waals surface area contributed by atoms with Crippen LogP contribution in [0.2, 0.25) is 0 Å². The van der Waals surface area contributed by atoms with Crippen LogP contribution in [0.1, 0.15) is 26.7 Å². The third-order valence-corrected chi connectivity index (χ3v) is 4.90. The molecular formula is C17H21BrN2O2. The van der Waals surface area contributed by atoms with Gasteiger partial charge in [0.15, 0.2) is 0 Å². The van der Waals surface area contributed by atoms with Crippen molar-refractivity contribution in [2.75, 3.05) is 0 Å². The number of halogens is 1. The average molecular weight is 365 g/mol. The number of urea groups is 1. The third kappa shape index (κ3) is 5.15. The number of rotatable bonds is 3. The summed E-state index contributed by atoms with van der Waals surface area (Å²) in [6.45, 7) is 3.72. The number of imide groups is 1. The first kappa shape index (κ1) is 18.2. The molecule has 2 rings (SSSR count). The normalized spacial score (nSPS) is 10.5. The molecule has 0 radical (unpaired) electrons. The molecule has 0 spiro atoms. The topological polar surface area (TPSA) is 72.2 Å². The maximum atomic E-state index is 11.3.